The third-order valence-electron chi connectivity index (χ3n) is 0. The molecular formula is CuMnZnZr. The molecule has 2 radical (unpaired) electrons. The summed E-state index contributed by atoms with van der Waals surface area (Å²) in [5.41, 5.74) is 0. The van der Waals surface area contributed by atoms with Gasteiger partial charge in [-0.15, -0.1) is 0 Å². The molecule has 0 aliphatic rings. The third kappa shape index (κ3) is 8.82. The molecule has 0 nitrogen and oxygen atoms in total. The largest absolute Gasteiger partial charge is 0 e. The van der Waals surface area contributed by atoms with Gasteiger partial charge in [0.15, 0.2) is 0 Å². The fourth-order valence-electron chi connectivity index (χ4n) is 0. The zero-order chi connectivity index (χ0) is 0. The van der Waals surface area contributed by atoms with E-state index in [-0.39, 0.29) is 79.8 Å². The van der Waals surface area contributed by atoms with Gasteiger partial charge in [-0.2, -0.15) is 0 Å². The molecule has 0 atom stereocenters. The molecule has 0 aromatic heterocycles. The predicted molar refractivity (Wildman–Crippen MR) is 0 cm³/mol. The molecule has 0 unspecified atom stereocenters. The van der Waals surface area contributed by atoms with Crippen molar-refractivity contribution in [3.8, 4) is 0 Å². The second-order valence-corrected chi connectivity index (χ2v) is 0. The van der Waals surface area contributed by atoms with Crippen LogP contribution in [0.25, 0.3) is 0 Å². The number of rotatable bonds is 0. The molecule has 0 rings (SSSR count). The predicted octanol–water partition coefficient (Wildman–Crippen LogP) is -0.0100. The Kier molecular flexibility index (Phi) is 137. The Bertz CT molecular complexity index is 8.00. The maximum absolute atomic E-state index is 0. The molecule has 0 aliphatic carbocycles. The van der Waals surface area contributed by atoms with Crippen molar-refractivity contribution in [3.05, 3.63) is 0 Å². The van der Waals surface area contributed by atoms with Crippen LogP contribution < -0.4 is 0 Å². The van der Waals surface area contributed by atoms with Gasteiger partial charge in [0.2, 0.25) is 0 Å². The van der Waals surface area contributed by atoms with Crippen LogP contribution in [0.3, 0.4) is 0 Å². The van der Waals surface area contributed by atoms with Gasteiger partial charge in [0.05, 0.1) is 0 Å². The molecular weight excluding hydrogens is 275 g/mol. The van der Waals surface area contributed by atoms with Gasteiger partial charge in [-0.25, -0.2) is 0 Å². The molecule has 0 aromatic rings. The van der Waals surface area contributed by atoms with E-state index in [0.29, 0.717) is 0 Å². The summed E-state index contributed by atoms with van der Waals surface area (Å²) < 4.78 is 0. The zero-order valence-electron chi connectivity index (χ0n) is 1.89. The molecule has 0 bridgehead atoms. The fourth-order valence-corrected chi connectivity index (χ4v) is 0. The van der Waals surface area contributed by atoms with E-state index >= 15 is 0 Å². The maximum atomic E-state index is 0. The van der Waals surface area contributed by atoms with Crippen LogP contribution in [0, 0.1) is 0 Å². The smallest absolute Gasteiger partial charge is 0 e. The Morgan fingerprint density at radius 3 is 1.00 bits per heavy atom. The zero-order valence-corrected chi connectivity index (χ0v) is 9.43. The van der Waals surface area contributed by atoms with E-state index in [1.807, 2.05) is 0 Å². The first-order chi connectivity index (χ1) is 0. The average Bonchev–Trinajstić information content (AvgIpc) is 0. The van der Waals surface area contributed by atoms with Crippen molar-refractivity contribution in [2.75, 3.05) is 0 Å². The first-order valence-corrected chi connectivity index (χ1v) is 0. The third-order valence-corrected chi connectivity index (χ3v) is 0. The van der Waals surface area contributed by atoms with E-state index in [1.54, 1.807) is 0 Å². The van der Waals surface area contributed by atoms with Crippen LogP contribution in [0.15, 0.2) is 0 Å². The Hall–Kier alpha value is 2.55. The van der Waals surface area contributed by atoms with E-state index in [4.69, 9.17) is 0 Å². The van der Waals surface area contributed by atoms with Crippen LogP contribution in [0.1, 0.15) is 0 Å². The van der Waals surface area contributed by atoms with Crippen molar-refractivity contribution in [3.63, 3.8) is 0 Å². The van der Waals surface area contributed by atoms with E-state index < -0.39 is 0 Å². The normalized spacial score (nSPS) is 0. The first-order valence-electron chi connectivity index (χ1n) is 0. The van der Waals surface area contributed by atoms with Gasteiger partial charge in [-0.1, -0.05) is 0 Å². The minimum absolute atomic E-state index is 0. The van der Waals surface area contributed by atoms with Crippen molar-refractivity contribution in [1.82, 2.24) is 0 Å². The molecule has 0 amide bonds. The van der Waals surface area contributed by atoms with Gasteiger partial charge in [0, 0.05) is 79.8 Å². The summed E-state index contributed by atoms with van der Waals surface area (Å²) in [6, 6.07) is 0. The van der Waals surface area contributed by atoms with Crippen LogP contribution in [-0.4, -0.2) is 0 Å². The van der Waals surface area contributed by atoms with Crippen molar-refractivity contribution in [2.24, 2.45) is 0 Å². The molecule has 0 fully saturated rings. The summed E-state index contributed by atoms with van der Waals surface area (Å²) in [6.07, 6.45) is 0. The Morgan fingerprint density at radius 2 is 1.00 bits per heavy atom. The van der Waals surface area contributed by atoms with Crippen molar-refractivity contribution in [2.45, 2.75) is 0 Å². The fraction of sp³-hybridized carbons (Fsp3) is 0. The van der Waals surface area contributed by atoms with Gasteiger partial charge in [-0.3, -0.25) is 0 Å². The molecule has 0 heterocycles. The SMILES string of the molecule is [Cu].[Mn].[Zn].[Zr]. The molecule has 0 saturated carbocycles. The van der Waals surface area contributed by atoms with Gasteiger partial charge >= 0.3 is 0 Å². The summed E-state index contributed by atoms with van der Waals surface area (Å²) in [7, 11) is 0. The van der Waals surface area contributed by atoms with E-state index in [2.05, 4.69) is 0 Å². The van der Waals surface area contributed by atoms with Gasteiger partial charge < -0.3 is 0 Å². The first kappa shape index (κ1) is 31.1. The minimum Gasteiger partial charge on any atom is 0 e. The average molecular weight is 275 g/mol. The molecule has 4 heavy (non-hydrogen) atoms. The van der Waals surface area contributed by atoms with Crippen LogP contribution >= 0.6 is 0 Å². The Morgan fingerprint density at radius 1 is 1.00 bits per heavy atom. The molecule has 24 valence electrons. The molecule has 4 heteroatoms. The van der Waals surface area contributed by atoms with Crippen LogP contribution in [0.2, 0.25) is 0 Å². The Balaban J connectivity index is 0. The summed E-state index contributed by atoms with van der Waals surface area (Å²) in [5.74, 6) is 0. The quantitative estimate of drug-likeness (QED) is 0.546. The standard InChI is InChI=1S/Cu.Mn.Zn.Zr. The summed E-state index contributed by atoms with van der Waals surface area (Å²) in [4.78, 5) is 0. The topological polar surface area (TPSA) is 0 Å². The van der Waals surface area contributed by atoms with Crippen molar-refractivity contribution in [1.29, 1.82) is 0 Å². The van der Waals surface area contributed by atoms with Gasteiger partial charge in [0.1, 0.15) is 0 Å². The molecule has 0 aromatic carbocycles. The van der Waals surface area contributed by atoms with Crippen LogP contribution in [0.5, 0.6) is 0 Å². The van der Waals surface area contributed by atoms with Crippen molar-refractivity contribution < 1.29 is 79.8 Å². The van der Waals surface area contributed by atoms with Crippen molar-refractivity contribution >= 4 is 0 Å². The van der Waals surface area contributed by atoms with Gasteiger partial charge in [-0.05, 0) is 0 Å². The van der Waals surface area contributed by atoms with Crippen LogP contribution in [-0.2, 0) is 79.8 Å². The Labute approximate surface area is 78.7 Å². The molecule has 0 spiro atoms. The number of hydrogen-bond acceptors (Lipinski definition) is 0. The molecule has 0 N–H and O–H groups in total. The summed E-state index contributed by atoms with van der Waals surface area (Å²) in [5, 5.41) is 0. The summed E-state index contributed by atoms with van der Waals surface area (Å²) in [6.45, 7) is 0. The molecule has 0 aliphatic heterocycles. The van der Waals surface area contributed by atoms with Gasteiger partial charge in [0.25, 0.3) is 0 Å². The second-order valence-electron chi connectivity index (χ2n) is 0. The molecule has 0 saturated heterocycles. The second kappa shape index (κ2) is 17.7. The maximum Gasteiger partial charge on any atom is 0 e. The van der Waals surface area contributed by atoms with E-state index in [9.17, 15) is 0 Å². The van der Waals surface area contributed by atoms with Crippen LogP contribution in [0.4, 0.5) is 0 Å². The minimum atomic E-state index is 0. The monoisotopic (exact) mass is 272 g/mol. The van der Waals surface area contributed by atoms with E-state index in [1.165, 1.54) is 0 Å². The van der Waals surface area contributed by atoms with E-state index in [0.717, 1.165) is 0 Å². The number of hydrogen-bond donors (Lipinski definition) is 0. The summed E-state index contributed by atoms with van der Waals surface area (Å²) >= 11 is 0.